The highest BCUT2D eigenvalue weighted by molar-refractivity contribution is 8.09. The van der Waals surface area contributed by atoms with E-state index in [1.165, 1.54) is 32.1 Å². The fraction of sp³-hybridized carbons (Fsp3) is 0.692. The van der Waals surface area contributed by atoms with Crippen molar-refractivity contribution in [2.45, 2.75) is 55.1 Å². The average Bonchev–Trinajstić information content (AvgIpc) is 2.84. The van der Waals surface area contributed by atoms with Crippen LogP contribution in [-0.2, 0) is 0 Å². The fourth-order valence-corrected chi connectivity index (χ4v) is 3.56. The van der Waals surface area contributed by atoms with E-state index in [9.17, 15) is 5.11 Å². The molecule has 2 rings (SSSR count). The highest BCUT2D eigenvalue weighted by Gasteiger charge is 2.65. The van der Waals surface area contributed by atoms with Gasteiger partial charge in [-0.15, -0.1) is 11.8 Å². The number of hydrogen-bond donors (Lipinski definition) is 1. The normalized spacial score (nSPS) is 36.7. The molecule has 0 saturated carbocycles. The summed E-state index contributed by atoms with van der Waals surface area (Å²) in [5.41, 5.74) is 0. The molecule has 1 fully saturated rings. The maximum absolute atomic E-state index is 10.1. The topological polar surface area (TPSA) is 20.2 Å². The third-order valence-corrected chi connectivity index (χ3v) is 4.98. The molecule has 1 saturated heterocycles. The summed E-state index contributed by atoms with van der Waals surface area (Å²) in [4.78, 5) is -0.563. The second-order valence-electron chi connectivity index (χ2n) is 4.57. The molecule has 0 bridgehead atoms. The van der Waals surface area contributed by atoms with E-state index in [0.29, 0.717) is 0 Å². The SMILES string of the molecule is CCCCCCCC12C=CC=CC1(O)S2. The van der Waals surface area contributed by atoms with Crippen LogP contribution >= 0.6 is 11.8 Å². The maximum Gasteiger partial charge on any atom is 0.148 e. The monoisotopic (exact) mass is 224 g/mol. The van der Waals surface area contributed by atoms with E-state index in [2.05, 4.69) is 19.1 Å². The van der Waals surface area contributed by atoms with Crippen molar-refractivity contribution >= 4 is 11.8 Å². The zero-order chi connectivity index (χ0) is 10.8. The van der Waals surface area contributed by atoms with Crippen molar-refractivity contribution in [3.05, 3.63) is 24.3 Å². The van der Waals surface area contributed by atoms with Gasteiger partial charge in [0.15, 0.2) is 0 Å². The average molecular weight is 224 g/mol. The molecule has 2 heteroatoms. The molecule has 0 radical (unpaired) electrons. The molecule has 0 amide bonds. The Balaban J connectivity index is 1.72. The molecular weight excluding hydrogens is 204 g/mol. The summed E-state index contributed by atoms with van der Waals surface area (Å²) in [5.74, 6) is 0. The third-order valence-electron chi connectivity index (χ3n) is 3.35. The van der Waals surface area contributed by atoms with Crippen LogP contribution in [0.5, 0.6) is 0 Å². The predicted molar refractivity (Wildman–Crippen MR) is 66.9 cm³/mol. The zero-order valence-corrected chi connectivity index (χ0v) is 10.2. The first kappa shape index (κ1) is 11.3. The predicted octanol–water partition coefficient (Wildman–Crippen LogP) is 3.65. The molecule has 0 aromatic carbocycles. The van der Waals surface area contributed by atoms with Gasteiger partial charge >= 0.3 is 0 Å². The summed E-state index contributed by atoms with van der Waals surface area (Å²) in [6, 6.07) is 0. The summed E-state index contributed by atoms with van der Waals surface area (Å²) in [6.45, 7) is 2.24. The van der Waals surface area contributed by atoms with Crippen LogP contribution in [0.25, 0.3) is 0 Å². The lowest BCUT2D eigenvalue weighted by molar-refractivity contribution is 0.193. The molecule has 15 heavy (non-hydrogen) atoms. The van der Waals surface area contributed by atoms with Gasteiger partial charge in [0, 0.05) is 0 Å². The minimum absolute atomic E-state index is 0.0357. The van der Waals surface area contributed by atoms with E-state index in [1.807, 2.05) is 12.2 Å². The molecule has 1 aliphatic carbocycles. The minimum atomic E-state index is -0.563. The van der Waals surface area contributed by atoms with Crippen LogP contribution in [0.1, 0.15) is 45.4 Å². The van der Waals surface area contributed by atoms with Crippen LogP contribution in [0.3, 0.4) is 0 Å². The molecular formula is C13H20OS. The Morgan fingerprint density at radius 3 is 2.53 bits per heavy atom. The molecule has 1 nitrogen and oxygen atoms in total. The van der Waals surface area contributed by atoms with Gasteiger partial charge in [-0.2, -0.15) is 0 Å². The van der Waals surface area contributed by atoms with Crippen LogP contribution < -0.4 is 0 Å². The number of thioether (sulfide) groups is 1. The molecule has 2 atom stereocenters. The molecule has 1 aliphatic heterocycles. The van der Waals surface area contributed by atoms with Gasteiger partial charge in [-0.3, -0.25) is 0 Å². The Morgan fingerprint density at radius 1 is 1.07 bits per heavy atom. The summed E-state index contributed by atoms with van der Waals surface area (Å²) in [5, 5.41) is 10.1. The van der Waals surface area contributed by atoms with Gasteiger partial charge in [-0.1, -0.05) is 57.3 Å². The first-order valence-corrected chi connectivity index (χ1v) is 6.84. The van der Waals surface area contributed by atoms with Crippen molar-refractivity contribution in [1.29, 1.82) is 0 Å². The van der Waals surface area contributed by atoms with Gasteiger partial charge in [-0.05, 0) is 12.5 Å². The Labute approximate surface area is 96.6 Å². The van der Waals surface area contributed by atoms with Gasteiger partial charge in [-0.25, -0.2) is 0 Å². The number of unbranched alkanes of at least 4 members (excludes halogenated alkanes) is 4. The Morgan fingerprint density at radius 2 is 1.80 bits per heavy atom. The third kappa shape index (κ3) is 2.16. The van der Waals surface area contributed by atoms with Gasteiger partial charge < -0.3 is 5.11 Å². The first-order valence-electron chi connectivity index (χ1n) is 6.02. The van der Waals surface area contributed by atoms with Crippen LogP contribution in [-0.4, -0.2) is 14.8 Å². The molecule has 0 aromatic heterocycles. The van der Waals surface area contributed by atoms with E-state index < -0.39 is 4.93 Å². The largest absolute Gasteiger partial charge is 0.374 e. The quantitative estimate of drug-likeness (QED) is 0.549. The van der Waals surface area contributed by atoms with Gasteiger partial charge in [0.25, 0.3) is 0 Å². The Hall–Kier alpha value is -0.210. The standard InChI is InChI=1S/C13H20OS/c1-2-3-4-5-6-9-12-10-7-8-11-13(12,14)15-12/h7-8,10-11,14H,2-6,9H2,1H3. The number of hydrogen-bond acceptors (Lipinski definition) is 2. The molecule has 1 N–H and O–H groups in total. The highest BCUT2D eigenvalue weighted by Crippen LogP contribution is 2.67. The van der Waals surface area contributed by atoms with Crippen LogP contribution in [0.15, 0.2) is 24.3 Å². The lowest BCUT2D eigenvalue weighted by atomic mass is 9.92. The van der Waals surface area contributed by atoms with E-state index in [-0.39, 0.29) is 4.75 Å². The molecule has 0 aromatic rings. The zero-order valence-electron chi connectivity index (χ0n) is 9.41. The van der Waals surface area contributed by atoms with Crippen LogP contribution in [0, 0.1) is 0 Å². The second-order valence-corrected chi connectivity index (χ2v) is 6.13. The van der Waals surface area contributed by atoms with Crippen molar-refractivity contribution in [3.8, 4) is 0 Å². The lowest BCUT2D eigenvalue weighted by Gasteiger charge is -2.15. The minimum Gasteiger partial charge on any atom is -0.374 e. The summed E-state index contributed by atoms with van der Waals surface area (Å²) in [7, 11) is 0. The molecule has 0 spiro atoms. The van der Waals surface area contributed by atoms with Gasteiger partial charge in [0.05, 0.1) is 4.75 Å². The number of allylic oxidation sites excluding steroid dienone is 2. The molecule has 2 aliphatic rings. The number of rotatable bonds is 6. The van der Waals surface area contributed by atoms with Crippen LogP contribution in [0.2, 0.25) is 0 Å². The lowest BCUT2D eigenvalue weighted by Crippen LogP contribution is -2.23. The van der Waals surface area contributed by atoms with Crippen molar-refractivity contribution in [2.24, 2.45) is 0 Å². The smallest absolute Gasteiger partial charge is 0.148 e. The second kappa shape index (κ2) is 4.34. The number of aliphatic hydroxyl groups is 1. The van der Waals surface area contributed by atoms with E-state index in [4.69, 9.17) is 0 Å². The summed E-state index contributed by atoms with van der Waals surface area (Å²) >= 11 is 1.69. The van der Waals surface area contributed by atoms with Crippen molar-refractivity contribution in [3.63, 3.8) is 0 Å². The van der Waals surface area contributed by atoms with E-state index >= 15 is 0 Å². The van der Waals surface area contributed by atoms with Gasteiger partial charge in [0.2, 0.25) is 0 Å². The van der Waals surface area contributed by atoms with E-state index in [0.717, 1.165) is 6.42 Å². The van der Waals surface area contributed by atoms with Crippen molar-refractivity contribution < 1.29 is 5.11 Å². The summed E-state index contributed by atoms with van der Waals surface area (Å²) < 4.78 is 0.0357. The molecule has 1 heterocycles. The fourth-order valence-electron chi connectivity index (χ4n) is 2.28. The molecule has 2 unspecified atom stereocenters. The van der Waals surface area contributed by atoms with Crippen molar-refractivity contribution in [2.75, 3.05) is 0 Å². The van der Waals surface area contributed by atoms with Crippen LogP contribution in [0.4, 0.5) is 0 Å². The van der Waals surface area contributed by atoms with Gasteiger partial charge in [0.1, 0.15) is 4.93 Å². The molecule has 84 valence electrons. The first-order chi connectivity index (χ1) is 7.22. The van der Waals surface area contributed by atoms with E-state index in [1.54, 1.807) is 11.8 Å². The highest BCUT2D eigenvalue weighted by atomic mass is 32.2. The summed E-state index contributed by atoms with van der Waals surface area (Å²) in [6.07, 6.45) is 15.8. The number of fused-ring (bicyclic) bond motifs is 1. The van der Waals surface area contributed by atoms with Crippen molar-refractivity contribution in [1.82, 2.24) is 0 Å². The Kier molecular flexibility index (Phi) is 3.27. The maximum atomic E-state index is 10.1. The Bertz CT molecular complexity index is 284.